The van der Waals surface area contributed by atoms with Crippen LogP contribution in [0.15, 0.2) is 36.7 Å². The van der Waals surface area contributed by atoms with Gasteiger partial charge in [-0.25, -0.2) is 4.98 Å². The van der Waals surface area contributed by atoms with Crippen LogP contribution in [0.25, 0.3) is 0 Å². The quantitative estimate of drug-likeness (QED) is 0.294. The molecule has 0 fully saturated rings. The molecule has 0 aliphatic carbocycles. The Bertz CT molecular complexity index is 717. The Hall–Kier alpha value is -3.16. The summed E-state index contributed by atoms with van der Waals surface area (Å²) in [6, 6.07) is 6.81. The molecule has 2 aromatic rings. The summed E-state index contributed by atoms with van der Waals surface area (Å²) in [4.78, 5) is 8.02. The monoisotopic (exact) mass is 342 g/mol. The van der Waals surface area contributed by atoms with Gasteiger partial charge in [0.15, 0.2) is 0 Å². The average Bonchev–Trinajstić information content (AvgIpc) is 2.61. The molecule has 0 radical (unpaired) electrons. The van der Waals surface area contributed by atoms with Crippen molar-refractivity contribution in [2.24, 2.45) is 11.5 Å². The van der Waals surface area contributed by atoms with Crippen LogP contribution in [-0.2, 0) is 0 Å². The van der Waals surface area contributed by atoms with E-state index in [0.717, 1.165) is 19.3 Å². The third kappa shape index (κ3) is 6.09. The number of nitrogens with two attached hydrogens (primary N) is 2. The molecule has 0 unspecified atom stereocenters. The van der Waals surface area contributed by atoms with Crippen molar-refractivity contribution >= 4 is 11.7 Å². The highest BCUT2D eigenvalue weighted by molar-refractivity contribution is 5.93. The number of aromatic nitrogens is 2. The van der Waals surface area contributed by atoms with Gasteiger partial charge in [0.25, 0.3) is 0 Å². The second kappa shape index (κ2) is 9.21. The molecule has 8 nitrogen and oxygen atoms in total. The van der Waals surface area contributed by atoms with E-state index in [9.17, 15) is 0 Å². The first-order valence-corrected chi connectivity index (χ1v) is 7.93. The molecule has 132 valence electrons. The van der Waals surface area contributed by atoms with Gasteiger partial charge in [0.05, 0.1) is 19.4 Å². The van der Waals surface area contributed by atoms with Crippen molar-refractivity contribution in [1.82, 2.24) is 9.97 Å². The van der Waals surface area contributed by atoms with Crippen LogP contribution in [0, 0.1) is 10.8 Å². The lowest BCUT2D eigenvalue weighted by molar-refractivity contribution is 0.279. The Morgan fingerprint density at radius 2 is 1.52 bits per heavy atom. The zero-order valence-electron chi connectivity index (χ0n) is 13.9. The fourth-order valence-electron chi connectivity index (χ4n) is 2.03. The van der Waals surface area contributed by atoms with E-state index in [1.165, 1.54) is 0 Å². The summed E-state index contributed by atoms with van der Waals surface area (Å²) in [5, 5.41) is 14.6. The van der Waals surface area contributed by atoms with Crippen LogP contribution in [0.2, 0.25) is 0 Å². The van der Waals surface area contributed by atoms with Gasteiger partial charge in [0.2, 0.25) is 0 Å². The predicted molar refractivity (Wildman–Crippen MR) is 95.3 cm³/mol. The molecule has 0 aliphatic rings. The SMILES string of the molecule is N=C(N)c1ccc(OCCCCCOc2ccnc(C(=N)N)c2)cn1. The van der Waals surface area contributed by atoms with Gasteiger partial charge in [-0.05, 0) is 37.5 Å². The molecule has 0 saturated carbocycles. The lowest BCUT2D eigenvalue weighted by atomic mass is 10.2. The van der Waals surface area contributed by atoms with Gasteiger partial charge in [-0.1, -0.05) is 0 Å². The number of nitrogen functional groups attached to an aromatic ring is 2. The summed E-state index contributed by atoms with van der Waals surface area (Å²) in [7, 11) is 0. The van der Waals surface area contributed by atoms with Gasteiger partial charge >= 0.3 is 0 Å². The van der Waals surface area contributed by atoms with E-state index in [-0.39, 0.29) is 11.7 Å². The van der Waals surface area contributed by atoms with Crippen LogP contribution < -0.4 is 20.9 Å². The van der Waals surface area contributed by atoms with Gasteiger partial charge in [-0.3, -0.25) is 15.8 Å². The molecule has 0 aliphatic heterocycles. The molecule has 2 heterocycles. The number of unbranched alkanes of at least 4 members (excludes halogenated alkanes) is 2. The molecule has 6 N–H and O–H groups in total. The Balaban J connectivity index is 1.60. The summed E-state index contributed by atoms with van der Waals surface area (Å²) in [5.41, 5.74) is 11.6. The number of ether oxygens (including phenoxy) is 2. The van der Waals surface area contributed by atoms with E-state index in [2.05, 4.69) is 9.97 Å². The third-order valence-electron chi connectivity index (χ3n) is 3.35. The van der Waals surface area contributed by atoms with Crippen LogP contribution in [0.1, 0.15) is 30.7 Å². The first kappa shape index (κ1) is 18.2. The van der Waals surface area contributed by atoms with E-state index < -0.39 is 0 Å². The average molecular weight is 342 g/mol. The van der Waals surface area contributed by atoms with Gasteiger partial charge in [0.1, 0.15) is 34.6 Å². The zero-order valence-corrected chi connectivity index (χ0v) is 13.9. The van der Waals surface area contributed by atoms with Gasteiger partial charge in [-0.15, -0.1) is 0 Å². The molecule has 8 heteroatoms. The molecule has 25 heavy (non-hydrogen) atoms. The molecule has 0 aromatic carbocycles. The number of amidine groups is 2. The minimum atomic E-state index is -0.0755. The number of hydrogen-bond acceptors (Lipinski definition) is 6. The lowest BCUT2D eigenvalue weighted by Gasteiger charge is -2.08. The summed E-state index contributed by atoms with van der Waals surface area (Å²) in [6.45, 7) is 1.17. The molecular formula is C17H22N6O2. The largest absolute Gasteiger partial charge is 0.493 e. The standard InChI is InChI=1S/C17H22N6O2/c18-16(19)14-5-4-13(11-23-14)25-9-3-1-2-8-24-12-6-7-22-15(10-12)17(20)21/h4-7,10-11H,1-3,8-9H2,(H3,18,19)(H3,20,21). The van der Waals surface area contributed by atoms with Crippen molar-refractivity contribution in [3.05, 3.63) is 48.0 Å². The van der Waals surface area contributed by atoms with Crippen LogP contribution in [-0.4, -0.2) is 34.9 Å². The Kier molecular flexibility index (Phi) is 6.70. The smallest absolute Gasteiger partial charge is 0.141 e. The molecule has 0 amide bonds. The van der Waals surface area contributed by atoms with Crippen LogP contribution in [0.4, 0.5) is 0 Å². The van der Waals surface area contributed by atoms with Crippen molar-refractivity contribution in [3.63, 3.8) is 0 Å². The normalized spacial score (nSPS) is 10.2. The van der Waals surface area contributed by atoms with E-state index in [1.807, 2.05) is 0 Å². The van der Waals surface area contributed by atoms with Crippen molar-refractivity contribution in [2.45, 2.75) is 19.3 Å². The summed E-state index contributed by atoms with van der Waals surface area (Å²) >= 11 is 0. The van der Waals surface area contributed by atoms with E-state index in [1.54, 1.807) is 36.7 Å². The van der Waals surface area contributed by atoms with Crippen molar-refractivity contribution in [3.8, 4) is 11.5 Å². The first-order chi connectivity index (χ1) is 12.1. The van der Waals surface area contributed by atoms with E-state index >= 15 is 0 Å². The molecule has 0 bridgehead atoms. The molecule has 0 atom stereocenters. The second-order valence-corrected chi connectivity index (χ2v) is 5.34. The minimum Gasteiger partial charge on any atom is -0.493 e. The minimum absolute atomic E-state index is 0.0591. The maximum absolute atomic E-state index is 7.35. The summed E-state index contributed by atoms with van der Waals surface area (Å²) in [5.74, 6) is 1.19. The zero-order chi connectivity index (χ0) is 18.1. The van der Waals surface area contributed by atoms with E-state index in [4.69, 9.17) is 31.8 Å². The van der Waals surface area contributed by atoms with Crippen LogP contribution in [0.3, 0.4) is 0 Å². The second-order valence-electron chi connectivity index (χ2n) is 5.34. The molecule has 0 spiro atoms. The van der Waals surface area contributed by atoms with Crippen LogP contribution in [0.5, 0.6) is 11.5 Å². The van der Waals surface area contributed by atoms with Gasteiger partial charge < -0.3 is 20.9 Å². The van der Waals surface area contributed by atoms with Crippen molar-refractivity contribution in [2.75, 3.05) is 13.2 Å². The Labute approximate surface area is 146 Å². The van der Waals surface area contributed by atoms with Gasteiger partial charge in [-0.2, -0.15) is 0 Å². The van der Waals surface area contributed by atoms with Crippen LogP contribution >= 0.6 is 0 Å². The third-order valence-corrected chi connectivity index (χ3v) is 3.35. The molecule has 2 rings (SSSR count). The topological polar surface area (TPSA) is 144 Å². The highest BCUT2D eigenvalue weighted by Gasteiger charge is 2.02. The number of rotatable bonds is 10. The summed E-state index contributed by atoms with van der Waals surface area (Å²) in [6.07, 6.45) is 5.89. The summed E-state index contributed by atoms with van der Waals surface area (Å²) < 4.78 is 11.2. The van der Waals surface area contributed by atoms with E-state index in [0.29, 0.717) is 36.1 Å². The molecular weight excluding hydrogens is 320 g/mol. The molecule has 0 saturated heterocycles. The maximum Gasteiger partial charge on any atom is 0.141 e. The molecule has 2 aromatic heterocycles. The predicted octanol–water partition coefficient (Wildman–Crippen LogP) is 1.67. The Morgan fingerprint density at radius 1 is 0.840 bits per heavy atom. The number of nitrogens with one attached hydrogen (secondary N) is 2. The fraction of sp³-hybridized carbons (Fsp3) is 0.294. The maximum atomic E-state index is 7.35. The van der Waals surface area contributed by atoms with Gasteiger partial charge in [0, 0.05) is 12.3 Å². The number of pyridine rings is 2. The highest BCUT2D eigenvalue weighted by atomic mass is 16.5. The first-order valence-electron chi connectivity index (χ1n) is 7.93. The van der Waals surface area contributed by atoms with Crippen molar-refractivity contribution in [1.29, 1.82) is 10.8 Å². The lowest BCUT2D eigenvalue weighted by Crippen LogP contribution is -2.13. The number of nitrogens with zero attached hydrogens (tertiary/aromatic N) is 2. The fourth-order valence-corrected chi connectivity index (χ4v) is 2.03. The number of hydrogen-bond donors (Lipinski definition) is 4. The van der Waals surface area contributed by atoms with Crippen molar-refractivity contribution < 1.29 is 9.47 Å². The highest BCUT2D eigenvalue weighted by Crippen LogP contribution is 2.12. The Morgan fingerprint density at radius 3 is 2.12 bits per heavy atom.